The van der Waals surface area contributed by atoms with Gasteiger partial charge in [0.25, 0.3) is 0 Å². The van der Waals surface area contributed by atoms with E-state index in [1.807, 2.05) is 7.05 Å². The number of hydrogen-bond donors (Lipinski definition) is 1. The molecule has 2 rings (SSSR count). The van der Waals surface area contributed by atoms with Crippen LogP contribution in [0, 0.1) is 0 Å². The Labute approximate surface area is 162 Å². The van der Waals surface area contributed by atoms with E-state index in [9.17, 15) is 0 Å². The zero-order valence-electron chi connectivity index (χ0n) is 14.5. The summed E-state index contributed by atoms with van der Waals surface area (Å²) in [5.41, 5.74) is 0. The van der Waals surface area contributed by atoms with Gasteiger partial charge in [0.1, 0.15) is 0 Å². The summed E-state index contributed by atoms with van der Waals surface area (Å²) in [7, 11) is 3.57. The van der Waals surface area contributed by atoms with Crippen molar-refractivity contribution < 1.29 is 9.47 Å². The summed E-state index contributed by atoms with van der Waals surface area (Å²) >= 11 is 2.19. The molecule has 0 unspecified atom stereocenters. The van der Waals surface area contributed by atoms with E-state index in [1.54, 1.807) is 7.11 Å². The first-order chi connectivity index (χ1) is 10.8. The number of thioether (sulfide) groups is 1. The van der Waals surface area contributed by atoms with Crippen LogP contribution in [-0.2, 0) is 9.47 Å². The molecule has 0 bridgehead atoms. The average Bonchev–Trinajstić information content (AvgIpc) is 2.55. The summed E-state index contributed by atoms with van der Waals surface area (Å²) in [5.74, 6) is 2.24. The number of ether oxygens (including phenoxy) is 2. The molecule has 0 aromatic heterocycles. The molecule has 2 aliphatic rings. The number of methoxy groups -OCH3 is 1. The van der Waals surface area contributed by atoms with Crippen LogP contribution >= 0.6 is 35.7 Å². The largest absolute Gasteiger partial charge is 0.382 e. The first-order valence-electron chi connectivity index (χ1n) is 8.46. The van der Waals surface area contributed by atoms with Crippen LogP contribution in [0.15, 0.2) is 4.99 Å². The molecule has 5 nitrogen and oxygen atoms in total. The van der Waals surface area contributed by atoms with Gasteiger partial charge in [-0.25, -0.2) is 0 Å². The van der Waals surface area contributed by atoms with Crippen LogP contribution in [0.2, 0.25) is 0 Å². The van der Waals surface area contributed by atoms with E-state index in [2.05, 4.69) is 27.0 Å². The van der Waals surface area contributed by atoms with Gasteiger partial charge in [0, 0.05) is 44.3 Å². The standard InChI is InChI=1S/C16H31N3O2S.HI/c1-17-15(18-8-10-21-12-11-20-2)19-9-13-22-16(14-19)6-4-3-5-7-16;/h3-14H2,1-2H3,(H,17,18);1H. The SMILES string of the molecule is CN=C(NCCOCCOC)N1CCSC2(CCCCC2)C1.I. The number of guanidine groups is 1. The molecule has 23 heavy (non-hydrogen) atoms. The van der Waals surface area contributed by atoms with Crippen molar-refractivity contribution in [3.63, 3.8) is 0 Å². The Morgan fingerprint density at radius 1 is 1.22 bits per heavy atom. The van der Waals surface area contributed by atoms with Gasteiger partial charge in [-0.05, 0) is 12.8 Å². The van der Waals surface area contributed by atoms with E-state index >= 15 is 0 Å². The number of nitrogens with zero attached hydrogens (tertiary/aromatic N) is 2. The van der Waals surface area contributed by atoms with Crippen LogP contribution in [0.25, 0.3) is 0 Å². The molecule has 0 aromatic rings. The van der Waals surface area contributed by atoms with Crippen LogP contribution in [0.5, 0.6) is 0 Å². The summed E-state index contributed by atoms with van der Waals surface area (Å²) in [5, 5.41) is 3.44. The van der Waals surface area contributed by atoms with Crippen LogP contribution in [0.4, 0.5) is 0 Å². The van der Waals surface area contributed by atoms with Gasteiger partial charge in [0.05, 0.1) is 19.8 Å². The molecule has 1 N–H and O–H groups in total. The van der Waals surface area contributed by atoms with Crippen LogP contribution in [-0.4, -0.2) is 75.0 Å². The lowest BCUT2D eigenvalue weighted by Crippen LogP contribution is -2.53. The lowest BCUT2D eigenvalue weighted by molar-refractivity contribution is 0.0731. The Morgan fingerprint density at radius 3 is 2.70 bits per heavy atom. The highest BCUT2D eigenvalue weighted by Crippen LogP contribution is 2.42. The minimum atomic E-state index is 0. The van der Waals surface area contributed by atoms with Gasteiger partial charge in [-0.1, -0.05) is 19.3 Å². The number of aliphatic imine (C=N–C) groups is 1. The van der Waals surface area contributed by atoms with Crippen molar-refractivity contribution in [1.82, 2.24) is 10.2 Å². The zero-order valence-corrected chi connectivity index (χ0v) is 17.7. The Morgan fingerprint density at radius 2 is 2.00 bits per heavy atom. The molecular weight excluding hydrogens is 425 g/mol. The zero-order chi connectivity index (χ0) is 15.7. The van der Waals surface area contributed by atoms with Crippen molar-refractivity contribution in [2.75, 3.05) is 59.4 Å². The summed E-state index contributed by atoms with van der Waals surface area (Å²) in [6, 6.07) is 0. The first-order valence-corrected chi connectivity index (χ1v) is 9.44. The highest BCUT2D eigenvalue weighted by Gasteiger charge is 2.38. The average molecular weight is 457 g/mol. The van der Waals surface area contributed by atoms with Crippen molar-refractivity contribution in [2.45, 2.75) is 36.9 Å². The predicted molar refractivity (Wildman–Crippen MR) is 109 cm³/mol. The van der Waals surface area contributed by atoms with Crippen molar-refractivity contribution >= 4 is 41.7 Å². The molecule has 1 saturated carbocycles. The van der Waals surface area contributed by atoms with Crippen molar-refractivity contribution in [2.24, 2.45) is 4.99 Å². The topological polar surface area (TPSA) is 46.1 Å². The van der Waals surface area contributed by atoms with Gasteiger partial charge in [0.15, 0.2) is 5.96 Å². The van der Waals surface area contributed by atoms with Gasteiger partial charge in [0.2, 0.25) is 0 Å². The quantitative estimate of drug-likeness (QED) is 0.288. The normalized spacial score (nSPS) is 21.1. The third kappa shape index (κ3) is 6.96. The van der Waals surface area contributed by atoms with Gasteiger partial charge in [-0.2, -0.15) is 11.8 Å². The van der Waals surface area contributed by atoms with Crippen LogP contribution in [0.3, 0.4) is 0 Å². The van der Waals surface area contributed by atoms with E-state index in [0.29, 0.717) is 24.6 Å². The molecule has 1 aliphatic carbocycles. The third-order valence-corrected chi connectivity index (χ3v) is 6.02. The van der Waals surface area contributed by atoms with Crippen LogP contribution in [0.1, 0.15) is 32.1 Å². The minimum absolute atomic E-state index is 0. The lowest BCUT2D eigenvalue weighted by atomic mass is 9.87. The van der Waals surface area contributed by atoms with Gasteiger partial charge < -0.3 is 19.7 Å². The summed E-state index contributed by atoms with van der Waals surface area (Å²) in [4.78, 5) is 6.91. The maximum absolute atomic E-state index is 5.50. The molecule has 0 amide bonds. The Bertz CT molecular complexity index is 347. The summed E-state index contributed by atoms with van der Waals surface area (Å²) in [6.07, 6.45) is 6.92. The summed E-state index contributed by atoms with van der Waals surface area (Å²) < 4.78 is 10.9. The number of halogens is 1. The minimum Gasteiger partial charge on any atom is -0.382 e. The van der Waals surface area contributed by atoms with E-state index in [1.165, 1.54) is 37.9 Å². The maximum atomic E-state index is 5.50. The second-order valence-electron chi connectivity index (χ2n) is 6.09. The highest BCUT2D eigenvalue weighted by molar-refractivity contribution is 14.0. The molecule has 0 atom stereocenters. The summed E-state index contributed by atoms with van der Waals surface area (Å²) in [6.45, 7) is 5.03. The molecule has 1 aliphatic heterocycles. The fraction of sp³-hybridized carbons (Fsp3) is 0.938. The van der Waals surface area contributed by atoms with Gasteiger partial charge in [-0.15, -0.1) is 24.0 Å². The molecule has 7 heteroatoms. The second kappa shape index (κ2) is 11.8. The Balaban J connectivity index is 0.00000264. The van der Waals surface area contributed by atoms with Gasteiger partial charge >= 0.3 is 0 Å². The maximum Gasteiger partial charge on any atom is 0.193 e. The smallest absolute Gasteiger partial charge is 0.193 e. The molecule has 0 aromatic carbocycles. The van der Waals surface area contributed by atoms with Crippen LogP contribution < -0.4 is 5.32 Å². The van der Waals surface area contributed by atoms with Crippen molar-refractivity contribution in [3.05, 3.63) is 0 Å². The predicted octanol–water partition coefficient (Wildman–Crippen LogP) is 2.59. The van der Waals surface area contributed by atoms with E-state index < -0.39 is 0 Å². The second-order valence-corrected chi connectivity index (χ2v) is 7.66. The molecular formula is C16H32IN3O2S. The molecule has 2 fully saturated rings. The van der Waals surface area contributed by atoms with E-state index in [4.69, 9.17) is 9.47 Å². The molecule has 136 valence electrons. The van der Waals surface area contributed by atoms with E-state index in [0.717, 1.165) is 25.6 Å². The molecule has 1 heterocycles. The van der Waals surface area contributed by atoms with Crippen molar-refractivity contribution in [3.8, 4) is 0 Å². The Kier molecular flexibility index (Phi) is 10.9. The number of rotatable bonds is 6. The van der Waals surface area contributed by atoms with E-state index in [-0.39, 0.29) is 24.0 Å². The molecule has 0 radical (unpaired) electrons. The third-order valence-electron chi connectivity index (χ3n) is 4.49. The highest BCUT2D eigenvalue weighted by atomic mass is 127. The number of hydrogen-bond acceptors (Lipinski definition) is 4. The Hall–Kier alpha value is 0.270. The molecule has 1 saturated heterocycles. The fourth-order valence-electron chi connectivity index (χ4n) is 3.34. The first kappa shape index (κ1) is 21.3. The van der Waals surface area contributed by atoms with Crippen molar-refractivity contribution in [1.29, 1.82) is 0 Å². The monoisotopic (exact) mass is 457 g/mol. The fourth-order valence-corrected chi connectivity index (χ4v) is 4.90. The molecule has 1 spiro atoms. The lowest BCUT2D eigenvalue weighted by Gasteiger charge is -2.45. The number of nitrogens with one attached hydrogen (secondary N) is 1. The van der Waals surface area contributed by atoms with Gasteiger partial charge in [-0.3, -0.25) is 4.99 Å².